The first-order valence-electron chi connectivity index (χ1n) is 7.06. The van der Waals surface area contributed by atoms with Crippen LogP contribution in [0.25, 0.3) is 22.1 Å². The van der Waals surface area contributed by atoms with Gasteiger partial charge in [0.2, 0.25) is 0 Å². The Bertz CT molecular complexity index is 752. The monoisotopic (exact) mass is 266 g/mol. The van der Waals surface area contributed by atoms with E-state index >= 15 is 0 Å². The van der Waals surface area contributed by atoms with Crippen molar-refractivity contribution in [3.8, 4) is 5.75 Å². The number of hydrogen-bond acceptors (Lipinski definition) is 3. The Morgan fingerprint density at radius 2 is 1.65 bits per heavy atom. The van der Waals surface area contributed by atoms with E-state index in [-0.39, 0.29) is 0 Å². The fraction of sp³-hybridized carbons (Fsp3) is 0.294. The second-order valence-corrected chi connectivity index (χ2v) is 4.94. The van der Waals surface area contributed by atoms with Crippen molar-refractivity contribution in [1.82, 2.24) is 9.97 Å². The molecule has 0 unspecified atom stereocenters. The lowest BCUT2D eigenvalue weighted by Gasteiger charge is -2.10. The van der Waals surface area contributed by atoms with E-state index in [1.165, 1.54) is 12.0 Å². The molecule has 1 heterocycles. The van der Waals surface area contributed by atoms with Crippen LogP contribution >= 0.6 is 0 Å². The maximum absolute atomic E-state index is 5.43. The van der Waals surface area contributed by atoms with Crippen LogP contribution in [0.4, 0.5) is 0 Å². The summed E-state index contributed by atoms with van der Waals surface area (Å²) in [4.78, 5) is 9.53. The average Bonchev–Trinajstić information content (AvgIpc) is 2.50. The number of methoxy groups -OCH3 is 1. The molecule has 0 aliphatic rings. The molecule has 3 rings (SSSR count). The Balaban J connectivity index is 2.28. The van der Waals surface area contributed by atoms with E-state index in [2.05, 4.69) is 13.0 Å². The highest BCUT2D eigenvalue weighted by Gasteiger charge is 2.10. The standard InChI is InChI=1S/C17H18N2O/c1-3-4-7-12-10-11-15(20-2)17-16(12)18-13-8-5-6-9-14(13)19-17/h5-6,8-11H,3-4,7H2,1-2H3. The van der Waals surface area contributed by atoms with Gasteiger partial charge in [0.05, 0.1) is 23.7 Å². The number of aryl methyl sites for hydroxylation is 1. The molecule has 3 heteroatoms. The van der Waals surface area contributed by atoms with Gasteiger partial charge >= 0.3 is 0 Å². The lowest BCUT2D eigenvalue weighted by Crippen LogP contribution is -1.96. The normalized spacial score (nSPS) is 11.1. The summed E-state index contributed by atoms with van der Waals surface area (Å²) in [5.74, 6) is 0.790. The molecule has 0 atom stereocenters. The van der Waals surface area contributed by atoms with Crippen molar-refractivity contribution in [3.63, 3.8) is 0 Å². The number of nitrogens with zero attached hydrogens (tertiary/aromatic N) is 2. The van der Waals surface area contributed by atoms with Gasteiger partial charge in [0.25, 0.3) is 0 Å². The molecule has 0 spiro atoms. The van der Waals surface area contributed by atoms with Gasteiger partial charge in [-0.3, -0.25) is 0 Å². The zero-order valence-corrected chi connectivity index (χ0v) is 11.9. The summed E-state index contributed by atoms with van der Waals surface area (Å²) >= 11 is 0. The summed E-state index contributed by atoms with van der Waals surface area (Å²) in [5.41, 5.74) is 4.93. The van der Waals surface area contributed by atoms with Crippen molar-refractivity contribution in [2.75, 3.05) is 7.11 Å². The van der Waals surface area contributed by atoms with Crippen LogP contribution in [0.3, 0.4) is 0 Å². The van der Waals surface area contributed by atoms with Crippen LogP contribution in [-0.4, -0.2) is 17.1 Å². The quantitative estimate of drug-likeness (QED) is 0.666. The van der Waals surface area contributed by atoms with E-state index in [1.54, 1.807) is 7.11 Å². The minimum absolute atomic E-state index is 0.790. The molecule has 0 saturated heterocycles. The van der Waals surface area contributed by atoms with Crippen molar-refractivity contribution in [2.24, 2.45) is 0 Å². The zero-order chi connectivity index (χ0) is 13.9. The van der Waals surface area contributed by atoms with E-state index in [0.717, 1.165) is 40.7 Å². The van der Waals surface area contributed by atoms with Crippen molar-refractivity contribution in [3.05, 3.63) is 42.0 Å². The first-order valence-corrected chi connectivity index (χ1v) is 7.06. The first kappa shape index (κ1) is 12.9. The smallest absolute Gasteiger partial charge is 0.146 e. The van der Waals surface area contributed by atoms with Gasteiger partial charge in [0, 0.05) is 0 Å². The number of unbranched alkanes of at least 4 members (excludes halogenated alkanes) is 1. The number of ether oxygens (including phenoxy) is 1. The number of aromatic nitrogens is 2. The van der Waals surface area contributed by atoms with Gasteiger partial charge in [-0.15, -0.1) is 0 Å². The highest BCUT2D eigenvalue weighted by molar-refractivity contribution is 5.91. The molecule has 0 bridgehead atoms. The lowest BCUT2D eigenvalue weighted by atomic mass is 10.1. The van der Waals surface area contributed by atoms with Crippen LogP contribution in [0.2, 0.25) is 0 Å². The van der Waals surface area contributed by atoms with E-state index in [9.17, 15) is 0 Å². The molecule has 102 valence electrons. The molecule has 2 aromatic carbocycles. The van der Waals surface area contributed by atoms with Crippen LogP contribution in [0.5, 0.6) is 5.75 Å². The molecule has 0 fully saturated rings. The first-order chi connectivity index (χ1) is 9.83. The number of fused-ring (bicyclic) bond motifs is 2. The Kier molecular flexibility index (Phi) is 3.50. The topological polar surface area (TPSA) is 35.0 Å². The molecule has 0 radical (unpaired) electrons. The minimum atomic E-state index is 0.790. The largest absolute Gasteiger partial charge is 0.494 e. The van der Waals surface area contributed by atoms with E-state index in [1.807, 2.05) is 30.3 Å². The lowest BCUT2D eigenvalue weighted by molar-refractivity contribution is 0.419. The van der Waals surface area contributed by atoms with Crippen LogP contribution in [0, 0.1) is 0 Å². The molecule has 0 N–H and O–H groups in total. The SMILES string of the molecule is CCCCc1ccc(OC)c2nc3ccccc3nc12. The molecule has 1 aromatic heterocycles. The molecule has 0 aliphatic carbocycles. The summed E-state index contributed by atoms with van der Waals surface area (Å²) in [6.07, 6.45) is 3.37. The van der Waals surface area contributed by atoms with Crippen LogP contribution in [-0.2, 0) is 6.42 Å². The molecule has 20 heavy (non-hydrogen) atoms. The predicted octanol–water partition coefficient (Wildman–Crippen LogP) is 4.13. The Morgan fingerprint density at radius 3 is 2.30 bits per heavy atom. The number of hydrogen-bond donors (Lipinski definition) is 0. The maximum atomic E-state index is 5.43. The highest BCUT2D eigenvalue weighted by atomic mass is 16.5. The molecular formula is C17H18N2O. The third-order valence-corrected chi connectivity index (χ3v) is 3.56. The molecule has 0 amide bonds. The Labute approximate surface area is 118 Å². The summed E-state index contributed by atoms with van der Waals surface area (Å²) in [6, 6.07) is 12.1. The van der Waals surface area contributed by atoms with Crippen molar-refractivity contribution in [1.29, 1.82) is 0 Å². The average molecular weight is 266 g/mol. The minimum Gasteiger partial charge on any atom is -0.494 e. The van der Waals surface area contributed by atoms with E-state index in [4.69, 9.17) is 14.7 Å². The van der Waals surface area contributed by atoms with Crippen molar-refractivity contribution in [2.45, 2.75) is 26.2 Å². The van der Waals surface area contributed by atoms with Crippen molar-refractivity contribution < 1.29 is 4.74 Å². The van der Waals surface area contributed by atoms with Crippen LogP contribution in [0.15, 0.2) is 36.4 Å². The summed E-state index contributed by atoms with van der Waals surface area (Å²) in [5, 5.41) is 0. The van der Waals surface area contributed by atoms with Crippen LogP contribution in [0.1, 0.15) is 25.3 Å². The number of benzene rings is 2. The summed E-state index contributed by atoms with van der Waals surface area (Å²) in [6.45, 7) is 2.20. The fourth-order valence-corrected chi connectivity index (χ4v) is 2.46. The Morgan fingerprint density at radius 1 is 0.950 bits per heavy atom. The van der Waals surface area contributed by atoms with Gasteiger partial charge in [-0.1, -0.05) is 31.5 Å². The van der Waals surface area contributed by atoms with Gasteiger partial charge in [0.15, 0.2) is 0 Å². The molecular weight excluding hydrogens is 248 g/mol. The highest BCUT2D eigenvalue weighted by Crippen LogP contribution is 2.28. The molecule has 3 nitrogen and oxygen atoms in total. The zero-order valence-electron chi connectivity index (χ0n) is 11.9. The van der Waals surface area contributed by atoms with Gasteiger partial charge < -0.3 is 4.74 Å². The molecule has 0 aliphatic heterocycles. The Hall–Kier alpha value is -2.16. The third-order valence-electron chi connectivity index (χ3n) is 3.56. The van der Waals surface area contributed by atoms with Crippen molar-refractivity contribution >= 4 is 22.1 Å². The summed E-state index contributed by atoms with van der Waals surface area (Å²) < 4.78 is 5.43. The fourth-order valence-electron chi connectivity index (χ4n) is 2.46. The van der Waals surface area contributed by atoms with Gasteiger partial charge in [-0.25, -0.2) is 9.97 Å². The van der Waals surface area contributed by atoms with Gasteiger partial charge in [-0.05, 0) is 36.6 Å². The summed E-state index contributed by atoms with van der Waals surface area (Å²) in [7, 11) is 1.68. The second-order valence-electron chi connectivity index (χ2n) is 4.94. The molecule has 3 aromatic rings. The maximum Gasteiger partial charge on any atom is 0.146 e. The van der Waals surface area contributed by atoms with E-state index < -0.39 is 0 Å². The van der Waals surface area contributed by atoms with Gasteiger partial charge in [0.1, 0.15) is 11.3 Å². The van der Waals surface area contributed by atoms with E-state index in [0.29, 0.717) is 0 Å². The second kappa shape index (κ2) is 5.45. The number of para-hydroxylation sites is 2. The third kappa shape index (κ3) is 2.20. The van der Waals surface area contributed by atoms with Gasteiger partial charge in [-0.2, -0.15) is 0 Å². The van der Waals surface area contributed by atoms with Crippen LogP contribution < -0.4 is 4.74 Å². The predicted molar refractivity (Wildman–Crippen MR) is 82.2 cm³/mol. The number of rotatable bonds is 4. The molecule has 0 saturated carbocycles.